The van der Waals surface area contributed by atoms with E-state index < -0.39 is 0 Å². The van der Waals surface area contributed by atoms with E-state index in [1.165, 1.54) is 22.8 Å². The number of hydrogen-bond donors (Lipinski definition) is 0. The van der Waals surface area contributed by atoms with E-state index in [1.54, 1.807) is 6.33 Å². The maximum atomic E-state index is 4.62. The largest absolute Gasteiger partial charge is 0.349 e. The van der Waals surface area contributed by atoms with Crippen molar-refractivity contribution in [2.75, 3.05) is 11.4 Å². The van der Waals surface area contributed by atoms with Crippen LogP contribution in [0.25, 0.3) is 21.8 Å². The highest BCUT2D eigenvalue weighted by Gasteiger charge is 2.30. The summed E-state index contributed by atoms with van der Waals surface area (Å²) in [6.45, 7) is 1.01. The minimum Gasteiger partial charge on any atom is -0.349 e. The molecule has 2 aromatic carbocycles. The highest BCUT2D eigenvalue weighted by atomic mass is 15.3. The number of aryl methyl sites for hydroxylation is 1. The number of aromatic nitrogens is 4. The summed E-state index contributed by atoms with van der Waals surface area (Å²) in [5.41, 5.74) is 2.26. The van der Waals surface area contributed by atoms with Gasteiger partial charge in [0.2, 0.25) is 0 Å². The van der Waals surface area contributed by atoms with Crippen molar-refractivity contribution in [3.05, 3.63) is 60.6 Å². The molecule has 0 N–H and O–H groups in total. The number of hydrogen-bond acceptors (Lipinski definition) is 4. The molecule has 0 aliphatic carbocycles. The van der Waals surface area contributed by atoms with Gasteiger partial charge in [-0.2, -0.15) is 5.10 Å². The summed E-state index contributed by atoms with van der Waals surface area (Å²) >= 11 is 0. The van der Waals surface area contributed by atoms with E-state index in [0.717, 1.165) is 29.8 Å². The van der Waals surface area contributed by atoms with Crippen LogP contribution >= 0.6 is 0 Å². The fraction of sp³-hybridized carbons (Fsp3) is 0.250. The van der Waals surface area contributed by atoms with Gasteiger partial charge in [-0.1, -0.05) is 42.5 Å². The highest BCUT2D eigenvalue weighted by molar-refractivity contribution is 5.89. The van der Waals surface area contributed by atoms with Crippen molar-refractivity contribution in [3.63, 3.8) is 0 Å². The van der Waals surface area contributed by atoms with Crippen molar-refractivity contribution in [1.82, 2.24) is 19.7 Å². The van der Waals surface area contributed by atoms with E-state index in [2.05, 4.69) is 62.4 Å². The molecule has 1 fully saturated rings. The molecule has 124 valence electrons. The Kier molecular flexibility index (Phi) is 3.20. The first-order valence-corrected chi connectivity index (χ1v) is 8.70. The molecule has 1 atom stereocenters. The molecule has 4 aromatic rings. The minimum atomic E-state index is 0.337. The molecule has 25 heavy (non-hydrogen) atoms. The maximum absolute atomic E-state index is 4.62. The molecule has 0 radical (unpaired) electrons. The van der Waals surface area contributed by atoms with E-state index >= 15 is 0 Å². The van der Waals surface area contributed by atoms with Crippen LogP contribution in [0.4, 0.5) is 5.82 Å². The van der Waals surface area contributed by atoms with Crippen LogP contribution in [-0.4, -0.2) is 26.3 Å². The first-order valence-electron chi connectivity index (χ1n) is 8.70. The van der Waals surface area contributed by atoms with Gasteiger partial charge in [-0.3, -0.25) is 4.68 Å². The summed E-state index contributed by atoms with van der Waals surface area (Å²) in [5.74, 6) is 0.994. The Morgan fingerprint density at radius 2 is 1.88 bits per heavy atom. The Hall–Kier alpha value is -2.95. The van der Waals surface area contributed by atoms with Crippen LogP contribution in [0, 0.1) is 0 Å². The molecule has 5 rings (SSSR count). The average Bonchev–Trinajstić information content (AvgIpc) is 3.28. The average molecular weight is 329 g/mol. The molecule has 5 nitrogen and oxygen atoms in total. The Labute approximate surface area is 145 Å². The number of benzene rings is 2. The fourth-order valence-corrected chi connectivity index (χ4v) is 4.06. The van der Waals surface area contributed by atoms with Gasteiger partial charge in [-0.15, -0.1) is 0 Å². The zero-order chi connectivity index (χ0) is 16.8. The minimum absolute atomic E-state index is 0.337. The van der Waals surface area contributed by atoms with Crippen molar-refractivity contribution in [2.45, 2.75) is 18.9 Å². The molecule has 5 heteroatoms. The predicted molar refractivity (Wildman–Crippen MR) is 99.6 cm³/mol. The fourth-order valence-electron chi connectivity index (χ4n) is 4.06. The van der Waals surface area contributed by atoms with Crippen molar-refractivity contribution in [1.29, 1.82) is 0 Å². The first-order chi connectivity index (χ1) is 12.3. The number of rotatable bonds is 2. The van der Waals surface area contributed by atoms with Gasteiger partial charge in [0.25, 0.3) is 0 Å². The molecular formula is C20H19N5. The second kappa shape index (κ2) is 5.55. The second-order valence-electron chi connectivity index (χ2n) is 6.62. The third-order valence-electron chi connectivity index (χ3n) is 5.22. The summed E-state index contributed by atoms with van der Waals surface area (Å²) in [5, 5.41) is 8.01. The van der Waals surface area contributed by atoms with E-state index in [4.69, 9.17) is 0 Å². The lowest BCUT2D eigenvalue weighted by Gasteiger charge is -2.27. The van der Waals surface area contributed by atoms with Crippen LogP contribution in [0.1, 0.15) is 24.4 Å². The van der Waals surface area contributed by atoms with Crippen molar-refractivity contribution in [2.24, 2.45) is 7.05 Å². The standard InChI is InChI=1S/C20H19N5/c1-24-19-17(12-23-24)20(22-13-21-19)25-11-5-10-18(25)16-9-4-7-14-6-2-3-8-15(14)16/h2-4,6-9,12-13,18H,5,10-11H2,1H3/t18-/m0/s1. The van der Waals surface area contributed by atoms with Crippen LogP contribution in [-0.2, 0) is 7.05 Å². The van der Waals surface area contributed by atoms with Gasteiger partial charge in [0.1, 0.15) is 12.1 Å². The first kappa shape index (κ1) is 14.4. The lowest BCUT2D eigenvalue weighted by Crippen LogP contribution is -2.24. The van der Waals surface area contributed by atoms with E-state index in [0.29, 0.717) is 6.04 Å². The maximum Gasteiger partial charge on any atom is 0.163 e. The summed E-state index contributed by atoms with van der Waals surface area (Å²) in [6.07, 6.45) is 5.83. The molecule has 1 saturated heterocycles. The normalized spacial score (nSPS) is 17.6. The third-order valence-corrected chi connectivity index (χ3v) is 5.22. The lowest BCUT2D eigenvalue weighted by atomic mass is 9.97. The molecule has 0 spiro atoms. The molecule has 0 amide bonds. The molecule has 2 aromatic heterocycles. The summed E-state index contributed by atoms with van der Waals surface area (Å²) in [4.78, 5) is 11.4. The van der Waals surface area contributed by atoms with Crippen LogP contribution < -0.4 is 4.90 Å². The van der Waals surface area contributed by atoms with Gasteiger partial charge >= 0.3 is 0 Å². The van der Waals surface area contributed by atoms with E-state index in [9.17, 15) is 0 Å². The van der Waals surface area contributed by atoms with Gasteiger partial charge in [0, 0.05) is 13.6 Å². The van der Waals surface area contributed by atoms with Crippen molar-refractivity contribution in [3.8, 4) is 0 Å². The van der Waals surface area contributed by atoms with Gasteiger partial charge in [0.05, 0.1) is 17.6 Å². The van der Waals surface area contributed by atoms with Gasteiger partial charge in [-0.05, 0) is 29.2 Å². The molecule has 0 unspecified atom stereocenters. The summed E-state index contributed by atoms with van der Waals surface area (Å²) < 4.78 is 1.81. The quantitative estimate of drug-likeness (QED) is 0.560. The summed E-state index contributed by atoms with van der Waals surface area (Å²) in [6, 6.07) is 15.6. The molecular weight excluding hydrogens is 310 g/mol. The van der Waals surface area contributed by atoms with Crippen LogP contribution in [0.2, 0.25) is 0 Å². The van der Waals surface area contributed by atoms with Gasteiger partial charge in [-0.25, -0.2) is 9.97 Å². The Balaban J connectivity index is 1.66. The topological polar surface area (TPSA) is 46.8 Å². The van der Waals surface area contributed by atoms with Crippen LogP contribution in [0.5, 0.6) is 0 Å². The van der Waals surface area contributed by atoms with Crippen molar-refractivity contribution >= 4 is 27.6 Å². The molecule has 0 saturated carbocycles. The van der Waals surface area contributed by atoms with Crippen molar-refractivity contribution < 1.29 is 0 Å². The molecule has 3 heterocycles. The highest BCUT2D eigenvalue weighted by Crippen LogP contribution is 2.40. The zero-order valence-electron chi connectivity index (χ0n) is 14.1. The Morgan fingerprint density at radius 1 is 1.00 bits per heavy atom. The van der Waals surface area contributed by atoms with Crippen LogP contribution in [0.3, 0.4) is 0 Å². The zero-order valence-corrected chi connectivity index (χ0v) is 14.1. The smallest absolute Gasteiger partial charge is 0.163 e. The Bertz CT molecular complexity index is 1060. The number of fused-ring (bicyclic) bond motifs is 2. The molecule has 0 bridgehead atoms. The molecule has 1 aliphatic rings. The van der Waals surface area contributed by atoms with Gasteiger partial charge in [0.15, 0.2) is 5.65 Å². The van der Waals surface area contributed by atoms with Gasteiger partial charge < -0.3 is 4.90 Å². The SMILES string of the molecule is Cn1ncc2c(N3CCC[C@H]3c3cccc4ccccc34)ncnc21. The Morgan fingerprint density at radius 3 is 2.84 bits per heavy atom. The van der Waals surface area contributed by atoms with E-state index in [1.807, 2.05) is 17.9 Å². The lowest BCUT2D eigenvalue weighted by molar-refractivity contribution is 0.718. The number of nitrogens with zero attached hydrogens (tertiary/aromatic N) is 5. The third kappa shape index (κ3) is 2.19. The molecule has 1 aliphatic heterocycles. The van der Waals surface area contributed by atoms with Crippen LogP contribution in [0.15, 0.2) is 55.0 Å². The monoisotopic (exact) mass is 329 g/mol. The number of anilines is 1. The van der Waals surface area contributed by atoms with E-state index in [-0.39, 0.29) is 0 Å². The summed E-state index contributed by atoms with van der Waals surface area (Å²) in [7, 11) is 1.92. The second-order valence-corrected chi connectivity index (χ2v) is 6.62. The predicted octanol–water partition coefficient (Wildman–Crippen LogP) is 3.86.